The molecule has 1 aromatic carbocycles. The van der Waals surface area contributed by atoms with Gasteiger partial charge in [0.1, 0.15) is 12.0 Å². The number of ether oxygens (including phenoxy) is 1. The fraction of sp³-hybridized carbons (Fsp3) is 0.417. The molecule has 1 aromatic rings. The number of hydrogen-bond donors (Lipinski definition) is 0. The van der Waals surface area contributed by atoms with Crippen molar-refractivity contribution in [3.8, 4) is 5.75 Å². The predicted octanol–water partition coefficient (Wildman–Crippen LogP) is 1.95. The minimum Gasteiger partial charge on any atom is -0.496 e. The zero-order valence-corrected chi connectivity index (χ0v) is 9.70. The first kappa shape index (κ1) is 11.6. The summed E-state index contributed by atoms with van der Waals surface area (Å²) in [5, 5.41) is 0. The van der Waals surface area contributed by atoms with E-state index >= 15 is 0 Å². The molecule has 0 aromatic heterocycles. The molecule has 0 radical (unpaired) electrons. The van der Waals surface area contributed by atoms with Crippen molar-refractivity contribution in [3.05, 3.63) is 23.3 Å². The highest BCUT2D eigenvalue weighted by Crippen LogP contribution is 2.27. The quantitative estimate of drug-likeness (QED) is 0.707. The van der Waals surface area contributed by atoms with Gasteiger partial charge in [0.05, 0.1) is 13.7 Å². The number of anilines is 1. The van der Waals surface area contributed by atoms with Crippen LogP contribution in [0.25, 0.3) is 0 Å². The Bertz CT molecular complexity index is 338. The van der Waals surface area contributed by atoms with Crippen LogP contribution in [0.3, 0.4) is 0 Å². The maximum absolute atomic E-state index is 10.4. The second-order valence-electron chi connectivity index (χ2n) is 3.66. The fourth-order valence-corrected chi connectivity index (χ4v) is 1.69. The molecule has 0 spiro atoms. The first-order valence-corrected chi connectivity index (χ1v) is 4.90. The summed E-state index contributed by atoms with van der Waals surface area (Å²) in [5.74, 6) is 0.915. The van der Waals surface area contributed by atoms with Crippen molar-refractivity contribution in [1.29, 1.82) is 0 Å². The normalized spacial score (nSPS) is 9.87. The predicted molar refractivity (Wildman–Crippen MR) is 61.8 cm³/mol. The van der Waals surface area contributed by atoms with Crippen LogP contribution in [0.5, 0.6) is 5.75 Å². The molecule has 0 saturated carbocycles. The van der Waals surface area contributed by atoms with E-state index < -0.39 is 0 Å². The molecule has 1 rings (SSSR count). The molecule has 0 bridgehead atoms. The van der Waals surface area contributed by atoms with E-state index in [9.17, 15) is 4.79 Å². The molecule has 0 aliphatic heterocycles. The van der Waals surface area contributed by atoms with Crippen LogP contribution >= 0.6 is 0 Å². The number of carbonyl (C=O) groups is 1. The molecule has 3 nitrogen and oxygen atoms in total. The Labute approximate surface area is 90.7 Å². The number of likely N-dealkylation sites (N-methyl/N-ethyl adjacent to an activating group) is 1. The summed E-state index contributed by atoms with van der Waals surface area (Å²) in [6, 6.07) is 4.05. The Balaban J connectivity index is 3.07. The first-order valence-electron chi connectivity index (χ1n) is 4.90. The molecule has 82 valence electrons. The monoisotopic (exact) mass is 207 g/mol. The van der Waals surface area contributed by atoms with Gasteiger partial charge in [0.25, 0.3) is 0 Å². The van der Waals surface area contributed by atoms with Crippen molar-refractivity contribution >= 4 is 12.0 Å². The summed E-state index contributed by atoms with van der Waals surface area (Å²) in [6.45, 7) is 4.42. The van der Waals surface area contributed by atoms with E-state index in [1.165, 1.54) is 0 Å². The van der Waals surface area contributed by atoms with Gasteiger partial charge < -0.3 is 14.4 Å². The molecule has 15 heavy (non-hydrogen) atoms. The van der Waals surface area contributed by atoms with Gasteiger partial charge in [-0.05, 0) is 37.1 Å². The molecule has 0 heterocycles. The second-order valence-corrected chi connectivity index (χ2v) is 3.66. The van der Waals surface area contributed by atoms with Crippen LogP contribution in [0.4, 0.5) is 5.69 Å². The molecule has 0 fully saturated rings. The first-order chi connectivity index (χ1) is 7.10. The lowest BCUT2D eigenvalue weighted by atomic mass is 10.1. The maximum atomic E-state index is 10.4. The standard InChI is InChI=1S/C12H17NO2/c1-9-7-11(13(3)5-6-14)8-10(2)12(9)15-4/h6-8H,5H2,1-4H3. The van der Waals surface area contributed by atoms with Crippen LogP contribution in [-0.4, -0.2) is 27.0 Å². The average molecular weight is 207 g/mol. The summed E-state index contributed by atoms with van der Waals surface area (Å²) in [7, 11) is 3.57. The fourth-order valence-electron chi connectivity index (χ4n) is 1.69. The number of rotatable bonds is 4. The summed E-state index contributed by atoms with van der Waals surface area (Å²) in [6.07, 6.45) is 0.898. The summed E-state index contributed by atoms with van der Waals surface area (Å²) >= 11 is 0. The van der Waals surface area contributed by atoms with Gasteiger partial charge >= 0.3 is 0 Å². The Morgan fingerprint density at radius 2 is 1.87 bits per heavy atom. The second kappa shape index (κ2) is 4.82. The largest absolute Gasteiger partial charge is 0.496 e. The van der Waals surface area contributed by atoms with E-state index in [2.05, 4.69) is 0 Å². The van der Waals surface area contributed by atoms with Crippen LogP contribution in [0, 0.1) is 13.8 Å². The molecular formula is C12H17NO2. The van der Waals surface area contributed by atoms with Crippen LogP contribution in [0.2, 0.25) is 0 Å². The number of hydrogen-bond acceptors (Lipinski definition) is 3. The highest BCUT2D eigenvalue weighted by molar-refractivity contribution is 5.63. The molecule has 0 amide bonds. The molecule has 0 unspecified atom stereocenters. The summed E-state index contributed by atoms with van der Waals surface area (Å²) < 4.78 is 5.28. The van der Waals surface area contributed by atoms with Crippen LogP contribution in [0.15, 0.2) is 12.1 Å². The van der Waals surface area contributed by atoms with Crippen LogP contribution < -0.4 is 9.64 Å². The highest BCUT2D eigenvalue weighted by Gasteiger charge is 2.07. The van der Waals surface area contributed by atoms with E-state index in [4.69, 9.17) is 4.74 Å². The minimum atomic E-state index is 0.408. The van der Waals surface area contributed by atoms with Crippen molar-refractivity contribution in [2.75, 3.05) is 25.6 Å². The summed E-state index contributed by atoms with van der Waals surface area (Å²) in [5.41, 5.74) is 3.22. The zero-order valence-electron chi connectivity index (χ0n) is 9.70. The topological polar surface area (TPSA) is 29.5 Å². The summed E-state index contributed by atoms with van der Waals surface area (Å²) in [4.78, 5) is 12.3. The number of nitrogens with zero attached hydrogens (tertiary/aromatic N) is 1. The van der Waals surface area contributed by atoms with Gasteiger partial charge in [0.15, 0.2) is 0 Å². The van der Waals surface area contributed by atoms with Gasteiger partial charge in [-0.1, -0.05) is 0 Å². The maximum Gasteiger partial charge on any atom is 0.139 e. The average Bonchev–Trinajstić information content (AvgIpc) is 2.17. The van der Waals surface area contributed by atoms with E-state index in [1.807, 2.05) is 37.9 Å². The smallest absolute Gasteiger partial charge is 0.139 e. The van der Waals surface area contributed by atoms with Gasteiger partial charge in [-0.2, -0.15) is 0 Å². The Kier molecular flexibility index (Phi) is 3.72. The van der Waals surface area contributed by atoms with Crippen molar-refractivity contribution < 1.29 is 9.53 Å². The van der Waals surface area contributed by atoms with Gasteiger partial charge in [0.2, 0.25) is 0 Å². The van der Waals surface area contributed by atoms with Gasteiger partial charge in [0, 0.05) is 12.7 Å². The number of methoxy groups -OCH3 is 1. The van der Waals surface area contributed by atoms with E-state index in [-0.39, 0.29) is 0 Å². The van der Waals surface area contributed by atoms with Crippen molar-refractivity contribution in [2.24, 2.45) is 0 Å². The number of carbonyl (C=O) groups excluding carboxylic acids is 1. The lowest BCUT2D eigenvalue weighted by molar-refractivity contribution is -0.106. The Morgan fingerprint density at radius 3 is 2.27 bits per heavy atom. The molecule has 3 heteroatoms. The number of benzene rings is 1. The lowest BCUT2D eigenvalue weighted by Gasteiger charge is -2.19. The molecular weight excluding hydrogens is 190 g/mol. The number of aryl methyl sites for hydroxylation is 2. The Morgan fingerprint density at radius 1 is 1.33 bits per heavy atom. The molecule has 0 saturated heterocycles. The van der Waals surface area contributed by atoms with E-state index in [0.29, 0.717) is 6.54 Å². The third-order valence-electron chi connectivity index (χ3n) is 2.44. The third-order valence-corrected chi connectivity index (χ3v) is 2.44. The van der Waals surface area contributed by atoms with E-state index in [1.54, 1.807) is 7.11 Å². The zero-order chi connectivity index (χ0) is 11.4. The molecule has 0 aliphatic carbocycles. The van der Waals surface area contributed by atoms with Crippen molar-refractivity contribution in [1.82, 2.24) is 0 Å². The number of aldehydes is 1. The third kappa shape index (κ3) is 2.49. The van der Waals surface area contributed by atoms with Crippen molar-refractivity contribution in [3.63, 3.8) is 0 Å². The van der Waals surface area contributed by atoms with Crippen molar-refractivity contribution in [2.45, 2.75) is 13.8 Å². The SMILES string of the molecule is COc1c(C)cc(N(C)CC=O)cc1C. The molecule has 0 N–H and O–H groups in total. The highest BCUT2D eigenvalue weighted by atomic mass is 16.5. The molecule has 0 atom stereocenters. The molecule has 0 aliphatic rings. The van der Waals surface area contributed by atoms with Crippen LogP contribution in [-0.2, 0) is 4.79 Å². The van der Waals surface area contributed by atoms with Gasteiger partial charge in [-0.3, -0.25) is 0 Å². The van der Waals surface area contributed by atoms with E-state index in [0.717, 1.165) is 28.8 Å². The van der Waals surface area contributed by atoms with Gasteiger partial charge in [-0.25, -0.2) is 0 Å². The Hall–Kier alpha value is -1.51. The van der Waals surface area contributed by atoms with Gasteiger partial charge in [-0.15, -0.1) is 0 Å². The minimum absolute atomic E-state index is 0.408. The lowest BCUT2D eigenvalue weighted by Crippen LogP contribution is -2.19. The van der Waals surface area contributed by atoms with Crippen LogP contribution in [0.1, 0.15) is 11.1 Å².